The van der Waals surface area contributed by atoms with Crippen LogP contribution in [0.2, 0.25) is 0 Å². The third-order valence-corrected chi connectivity index (χ3v) is 5.41. The fourth-order valence-electron chi connectivity index (χ4n) is 3.59. The maximum atomic E-state index is 12.9. The monoisotopic (exact) mass is 408 g/mol. The van der Waals surface area contributed by atoms with Crippen LogP contribution in [-0.4, -0.2) is 48.1 Å². The molecule has 1 amide bonds. The van der Waals surface area contributed by atoms with Gasteiger partial charge in [-0.25, -0.2) is 0 Å². The summed E-state index contributed by atoms with van der Waals surface area (Å²) in [6.07, 6.45) is 0.671. The van der Waals surface area contributed by atoms with Crippen LogP contribution in [0.15, 0.2) is 54.6 Å². The summed E-state index contributed by atoms with van der Waals surface area (Å²) < 4.78 is 5.76. The van der Waals surface area contributed by atoms with E-state index in [1.807, 2.05) is 54.3 Å². The molecule has 0 saturated carbocycles. The number of ketones is 2. The molecule has 1 saturated heterocycles. The van der Waals surface area contributed by atoms with Crippen molar-refractivity contribution in [1.29, 1.82) is 0 Å². The third-order valence-electron chi connectivity index (χ3n) is 5.41. The zero-order chi connectivity index (χ0) is 21.5. The number of Topliss-reactive ketones (excluding diaryl/α,β-unsaturated/α-hetero) is 2. The first-order valence-electron chi connectivity index (χ1n) is 10.3. The van der Waals surface area contributed by atoms with E-state index in [4.69, 9.17) is 4.74 Å². The number of nitrogens with one attached hydrogen (secondary N) is 1. The van der Waals surface area contributed by atoms with Crippen molar-refractivity contribution in [3.63, 3.8) is 0 Å². The number of carbonyl (C=O) groups is 3. The highest BCUT2D eigenvalue weighted by molar-refractivity contribution is 5.94. The second-order valence-electron chi connectivity index (χ2n) is 7.61. The summed E-state index contributed by atoms with van der Waals surface area (Å²) in [7, 11) is 0. The van der Waals surface area contributed by atoms with E-state index in [0.717, 1.165) is 11.3 Å². The van der Waals surface area contributed by atoms with Gasteiger partial charge >= 0.3 is 0 Å². The van der Waals surface area contributed by atoms with Gasteiger partial charge in [-0.2, -0.15) is 0 Å². The Morgan fingerprint density at radius 2 is 1.83 bits per heavy atom. The summed E-state index contributed by atoms with van der Waals surface area (Å²) in [5, 5.41) is 3.01. The predicted molar refractivity (Wildman–Crippen MR) is 115 cm³/mol. The molecule has 1 aliphatic rings. The van der Waals surface area contributed by atoms with Gasteiger partial charge in [-0.05, 0) is 31.5 Å². The number of hydrogen-bond acceptors (Lipinski definition) is 5. The molecule has 1 N–H and O–H groups in total. The van der Waals surface area contributed by atoms with Gasteiger partial charge in [-0.1, -0.05) is 42.5 Å². The molecule has 30 heavy (non-hydrogen) atoms. The first-order valence-corrected chi connectivity index (χ1v) is 10.3. The van der Waals surface area contributed by atoms with Crippen LogP contribution < -0.4 is 10.1 Å². The van der Waals surface area contributed by atoms with E-state index >= 15 is 0 Å². The predicted octanol–water partition coefficient (Wildman–Crippen LogP) is 3.18. The molecular weight excluding hydrogens is 380 g/mol. The lowest BCUT2D eigenvalue weighted by Gasteiger charge is -2.34. The van der Waals surface area contributed by atoms with Crippen LogP contribution in [-0.2, 0) is 9.59 Å². The van der Waals surface area contributed by atoms with Gasteiger partial charge in [0.05, 0.1) is 12.1 Å². The summed E-state index contributed by atoms with van der Waals surface area (Å²) in [5.41, 5.74) is 1.55. The smallest absolute Gasteiger partial charge is 0.238 e. The Labute approximate surface area is 177 Å². The summed E-state index contributed by atoms with van der Waals surface area (Å²) in [5.74, 6) is 0.737. The van der Waals surface area contributed by atoms with Crippen LogP contribution in [0, 0.1) is 0 Å². The number of para-hydroxylation sites is 1. The van der Waals surface area contributed by atoms with Gasteiger partial charge in [0.25, 0.3) is 0 Å². The molecule has 3 rings (SSSR count). The largest absolute Gasteiger partial charge is 0.492 e. The lowest BCUT2D eigenvalue weighted by molar-refractivity contribution is -0.134. The molecule has 0 spiro atoms. The Balaban J connectivity index is 1.59. The van der Waals surface area contributed by atoms with Gasteiger partial charge in [0, 0.05) is 31.5 Å². The number of likely N-dealkylation sites (tertiary alicyclic amines) is 1. The minimum Gasteiger partial charge on any atom is -0.492 e. The van der Waals surface area contributed by atoms with Crippen molar-refractivity contribution >= 4 is 17.5 Å². The minimum atomic E-state index is -0.496. The molecule has 1 heterocycles. The number of benzene rings is 2. The molecule has 2 atom stereocenters. The van der Waals surface area contributed by atoms with Gasteiger partial charge in [0.15, 0.2) is 5.78 Å². The first kappa shape index (κ1) is 21.7. The fourth-order valence-corrected chi connectivity index (χ4v) is 3.59. The van der Waals surface area contributed by atoms with E-state index in [9.17, 15) is 14.4 Å². The number of rotatable bonds is 8. The number of hydrogen-bond donors (Lipinski definition) is 1. The number of carbonyl (C=O) groups excluding carboxylic acids is 3. The molecule has 0 bridgehead atoms. The van der Waals surface area contributed by atoms with Crippen LogP contribution >= 0.6 is 0 Å². The van der Waals surface area contributed by atoms with Gasteiger partial charge in [0.2, 0.25) is 5.91 Å². The van der Waals surface area contributed by atoms with Crippen molar-refractivity contribution in [2.45, 2.75) is 38.8 Å². The van der Waals surface area contributed by atoms with E-state index in [1.165, 1.54) is 6.92 Å². The number of amides is 1. The Morgan fingerprint density at radius 3 is 2.50 bits per heavy atom. The van der Waals surface area contributed by atoms with Crippen molar-refractivity contribution in [3.8, 4) is 5.75 Å². The third kappa shape index (κ3) is 5.76. The standard InChI is InChI=1S/C24H28N2O4/c1-17(19-8-10-20(11-9-19)18(2)27)25-24(29)23-16-21(28)12-13-26(23)14-15-30-22-6-4-3-5-7-22/h3-11,17,23H,12-16H2,1-2H3,(H,25,29)/t17-,23+/m0/s1. The van der Waals surface area contributed by atoms with Gasteiger partial charge in [0.1, 0.15) is 18.1 Å². The van der Waals surface area contributed by atoms with E-state index < -0.39 is 6.04 Å². The van der Waals surface area contributed by atoms with Crippen molar-refractivity contribution in [3.05, 3.63) is 65.7 Å². The molecule has 1 fully saturated rings. The molecule has 1 aliphatic heterocycles. The number of nitrogens with zero attached hydrogens (tertiary/aromatic N) is 1. The maximum Gasteiger partial charge on any atom is 0.238 e. The number of piperidine rings is 1. The van der Waals surface area contributed by atoms with Crippen LogP contribution in [0.25, 0.3) is 0 Å². The molecule has 2 aromatic carbocycles. The molecule has 158 valence electrons. The molecule has 6 nitrogen and oxygen atoms in total. The van der Waals surface area contributed by atoms with Crippen LogP contribution in [0.3, 0.4) is 0 Å². The topological polar surface area (TPSA) is 75.7 Å². The Hall–Kier alpha value is -2.99. The Bertz CT molecular complexity index is 880. The quantitative estimate of drug-likeness (QED) is 0.679. The second-order valence-corrected chi connectivity index (χ2v) is 7.61. The Morgan fingerprint density at radius 1 is 1.13 bits per heavy atom. The molecule has 0 aromatic heterocycles. The van der Waals surface area contributed by atoms with Crippen LogP contribution in [0.5, 0.6) is 5.75 Å². The fraction of sp³-hybridized carbons (Fsp3) is 0.375. The molecule has 0 aliphatic carbocycles. The minimum absolute atomic E-state index is 0.00678. The summed E-state index contributed by atoms with van der Waals surface area (Å²) in [6, 6.07) is 16.0. The van der Waals surface area contributed by atoms with E-state index in [-0.39, 0.29) is 29.9 Å². The molecule has 0 radical (unpaired) electrons. The van der Waals surface area contributed by atoms with Crippen molar-refractivity contribution in [1.82, 2.24) is 10.2 Å². The lowest BCUT2D eigenvalue weighted by Crippen LogP contribution is -2.53. The molecule has 2 aromatic rings. The normalized spacial score (nSPS) is 17.9. The van der Waals surface area contributed by atoms with E-state index in [2.05, 4.69) is 5.32 Å². The highest BCUT2D eigenvalue weighted by Gasteiger charge is 2.33. The average Bonchev–Trinajstić information content (AvgIpc) is 2.75. The Kier molecular flexibility index (Phi) is 7.36. The maximum absolute atomic E-state index is 12.9. The summed E-state index contributed by atoms with van der Waals surface area (Å²) in [4.78, 5) is 38.4. The van der Waals surface area contributed by atoms with Gasteiger partial charge < -0.3 is 10.1 Å². The second kappa shape index (κ2) is 10.2. The molecule has 0 unspecified atom stereocenters. The SMILES string of the molecule is CC(=O)c1ccc([C@H](C)NC(=O)[C@H]2CC(=O)CCN2CCOc2ccccc2)cc1. The summed E-state index contributed by atoms with van der Waals surface area (Å²) >= 11 is 0. The zero-order valence-electron chi connectivity index (χ0n) is 17.5. The van der Waals surface area contributed by atoms with Gasteiger partial charge in [-0.3, -0.25) is 19.3 Å². The highest BCUT2D eigenvalue weighted by Crippen LogP contribution is 2.18. The van der Waals surface area contributed by atoms with Crippen LogP contribution in [0.1, 0.15) is 48.7 Å². The van der Waals surface area contributed by atoms with Gasteiger partial charge in [-0.15, -0.1) is 0 Å². The lowest BCUT2D eigenvalue weighted by atomic mass is 9.99. The van der Waals surface area contributed by atoms with Crippen molar-refractivity contribution in [2.24, 2.45) is 0 Å². The zero-order valence-corrected chi connectivity index (χ0v) is 17.5. The number of ether oxygens (including phenoxy) is 1. The summed E-state index contributed by atoms with van der Waals surface area (Å²) in [6.45, 7) is 4.99. The van der Waals surface area contributed by atoms with E-state index in [0.29, 0.717) is 31.7 Å². The molecule has 6 heteroatoms. The first-order chi connectivity index (χ1) is 14.4. The van der Waals surface area contributed by atoms with Crippen molar-refractivity contribution in [2.75, 3.05) is 19.7 Å². The average molecular weight is 408 g/mol. The molecular formula is C24H28N2O4. The van der Waals surface area contributed by atoms with E-state index in [1.54, 1.807) is 12.1 Å². The highest BCUT2D eigenvalue weighted by atomic mass is 16.5. The van der Waals surface area contributed by atoms with Crippen molar-refractivity contribution < 1.29 is 19.1 Å². The van der Waals surface area contributed by atoms with Crippen LogP contribution in [0.4, 0.5) is 0 Å².